The van der Waals surface area contributed by atoms with Crippen LogP contribution in [0.25, 0.3) is 0 Å². The van der Waals surface area contributed by atoms with Crippen molar-refractivity contribution >= 4 is 0 Å². The molecule has 100 valence electrons. The van der Waals surface area contributed by atoms with Crippen LogP contribution in [0.3, 0.4) is 0 Å². The number of hydrogen-bond acceptors (Lipinski definition) is 1. The molecule has 0 aromatic heterocycles. The van der Waals surface area contributed by atoms with Gasteiger partial charge in [-0.1, -0.05) is 56.5 Å². The highest BCUT2D eigenvalue weighted by Crippen LogP contribution is 2.22. The minimum Gasteiger partial charge on any atom is -0.314 e. The third kappa shape index (κ3) is 4.45. The van der Waals surface area contributed by atoms with E-state index in [1.165, 1.54) is 57.1 Å². The Labute approximate surface area is 112 Å². The summed E-state index contributed by atoms with van der Waals surface area (Å²) in [5.41, 5.74) is 1.47. The molecule has 0 bridgehead atoms. The van der Waals surface area contributed by atoms with Crippen LogP contribution in [-0.2, 0) is 6.42 Å². The quantitative estimate of drug-likeness (QED) is 0.606. The van der Waals surface area contributed by atoms with Crippen LogP contribution in [0.15, 0.2) is 30.3 Å². The first-order valence-corrected chi connectivity index (χ1v) is 7.63. The van der Waals surface area contributed by atoms with Crippen molar-refractivity contribution < 1.29 is 0 Å². The van der Waals surface area contributed by atoms with Gasteiger partial charge in [0.15, 0.2) is 0 Å². The average molecular weight is 245 g/mol. The molecule has 0 amide bonds. The van der Waals surface area contributed by atoms with E-state index in [4.69, 9.17) is 0 Å². The van der Waals surface area contributed by atoms with Crippen LogP contribution in [0.4, 0.5) is 0 Å². The summed E-state index contributed by atoms with van der Waals surface area (Å²) in [4.78, 5) is 0. The van der Waals surface area contributed by atoms with E-state index in [1.54, 1.807) is 0 Å². The van der Waals surface area contributed by atoms with Gasteiger partial charge in [-0.05, 0) is 43.7 Å². The Morgan fingerprint density at radius 2 is 1.83 bits per heavy atom. The lowest BCUT2D eigenvalue weighted by Gasteiger charge is -2.22. The summed E-state index contributed by atoms with van der Waals surface area (Å²) < 4.78 is 0. The first-order valence-electron chi connectivity index (χ1n) is 7.63. The Morgan fingerprint density at radius 1 is 1.06 bits per heavy atom. The maximum Gasteiger partial charge on any atom is 0.00926 e. The molecule has 1 saturated carbocycles. The first kappa shape index (κ1) is 13.6. The summed E-state index contributed by atoms with van der Waals surface area (Å²) >= 11 is 0. The van der Waals surface area contributed by atoms with Crippen LogP contribution in [0, 0.1) is 5.92 Å². The predicted octanol–water partition coefficient (Wildman–Crippen LogP) is 4.18. The number of rotatable bonds is 5. The van der Waals surface area contributed by atoms with Crippen LogP contribution < -0.4 is 5.32 Å². The Hall–Kier alpha value is -0.820. The van der Waals surface area contributed by atoms with Gasteiger partial charge in [0, 0.05) is 6.04 Å². The highest BCUT2D eigenvalue weighted by molar-refractivity contribution is 5.14. The van der Waals surface area contributed by atoms with Crippen molar-refractivity contribution in [2.75, 3.05) is 6.54 Å². The van der Waals surface area contributed by atoms with Gasteiger partial charge >= 0.3 is 0 Å². The molecule has 2 unspecified atom stereocenters. The largest absolute Gasteiger partial charge is 0.314 e. The minimum atomic E-state index is 0.767. The Bertz CT molecular complexity index is 320. The molecule has 1 aliphatic carbocycles. The molecular formula is C17H27N. The second-order valence-corrected chi connectivity index (χ2v) is 5.77. The zero-order valence-corrected chi connectivity index (χ0v) is 11.7. The Morgan fingerprint density at radius 3 is 2.67 bits per heavy atom. The van der Waals surface area contributed by atoms with Gasteiger partial charge in [-0.25, -0.2) is 0 Å². The van der Waals surface area contributed by atoms with Crippen molar-refractivity contribution in [3.63, 3.8) is 0 Å². The van der Waals surface area contributed by atoms with Gasteiger partial charge in [-0.15, -0.1) is 0 Å². The molecule has 18 heavy (non-hydrogen) atoms. The number of hydrogen-bond donors (Lipinski definition) is 1. The second-order valence-electron chi connectivity index (χ2n) is 5.77. The van der Waals surface area contributed by atoms with E-state index in [0.717, 1.165) is 12.0 Å². The van der Waals surface area contributed by atoms with E-state index < -0.39 is 0 Å². The zero-order chi connectivity index (χ0) is 12.6. The Kier molecular flexibility index (Phi) is 5.73. The fourth-order valence-electron chi connectivity index (χ4n) is 3.02. The van der Waals surface area contributed by atoms with Crippen LogP contribution in [0.2, 0.25) is 0 Å². The fourth-order valence-corrected chi connectivity index (χ4v) is 3.02. The summed E-state index contributed by atoms with van der Waals surface area (Å²) in [6.45, 7) is 3.59. The van der Waals surface area contributed by atoms with Crippen molar-refractivity contribution in [2.45, 2.75) is 57.9 Å². The van der Waals surface area contributed by atoms with Crippen LogP contribution in [-0.4, -0.2) is 12.6 Å². The van der Waals surface area contributed by atoms with Crippen molar-refractivity contribution in [3.8, 4) is 0 Å². The number of aryl methyl sites for hydroxylation is 1. The fraction of sp³-hybridized carbons (Fsp3) is 0.647. The standard InChI is InChI=1S/C17H27N/c1-15-9-4-2-7-13-17(15)18-14-8-12-16-10-5-3-6-11-16/h3,5-6,10-11,15,17-18H,2,4,7-9,12-14H2,1H3. The minimum absolute atomic E-state index is 0.767. The molecular weight excluding hydrogens is 218 g/mol. The lowest BCUT2D eigenvalue weighted by molar-refractivity contribution is 0.356. The average Bonchev–Trinajstić information content (AvgIpc) is 2.61. The first-order chi connectivity index (χ1) is 8.86. The van der Waals surface area contributed by atoms with Crippen LogP contribution in [0.5, 0.6) is 0 Å². The topological polar surface area (TPSA) is 12.0 Å². The maximum absolute atomic E-state index is 3.78. The SMILES string of the molecule is CC1CCCCCC1NCCCc1ccccc1. The lowest BCUT2D eigenvalue weighted by atomic mass is 9.97. The highest BCUT2D eigenvalue weighted by atomic mass is 14.9. The van der Waals surface area contributed by atoms with Gasteiger partial charge < -0.3 is 5.32 Å². The van der Waals surface area contributed by atoms with Gasteiger partial charge in [-0.3, -0.25) is 0 Å². The van der Waals surface area contributed by atoms with E-state index in [1.807, 2.05) is 0 Å². The summed E-state index contributed by atoms with van der Waals surface area (Å²) in [7, 11) is 0. The molecule has 1 heteroatoms. The highest BCUT2D eigenvalue weighted by Gasteiger charge is 2.18. The molecule has 0 saturated heterocycles. The van der Waals surface area contributed by atoms with E-state index in [2.05, 4.69) is 42.6 Å². The molecule has 0 aliphatic heterocycles. The molecule has 1 aromatic carbocycles. The van der Waals surface area contributed by atoms with Crippen molar-refractivity contribution in [1.29, 1.82) is 0 Å². The zero-order valence-electron chi connectivity index (χ0n) is 11.7. The second kappa shape index (κ2) is 7.58. The van der Waals surface area contributed by atoms with Crippen molar-refractivity contribution in [3.05, 3.63) is 35.9 Å². The molecule has 0 spiro atoms. The molecule has 2 rings (SSSR count). The van der Waals surface area contributed by atoms with E-state index in [0.29, 0.717) is 0 Å². The molecule has 1 aromatic rings. The van der Waals surface area contributed by atoms with E-state index in [-0.39, 0.29) is 0 Å². The van der Waals surface area contributed by atoms with Gasteiger partial charge in [0.2, 0.25) is 0 Å². The van der Waals surface area contributed by atoms with Crippen molar-refractivity contribution in [1.82, 2.24) is 5.32 Å². The van der Waals surface area contributed by atoms with Gasteiger partial charge in [0.05, 0.1) is 0 Å². The third-order valence-corrected chi connectivity index (χ3v) is 4.25. The molecule has 0 radical (unpaired) electrons. The van der Waals surface area contributed by atoms with Gasteiger partial charge in [0.1, 0.15) is 0 Å². The summed E-state index contributed by atoms with van der Waals surface area (Å²) in [5, 5.41) is 3.78. The monoisotopic (exact) mass is 245 g/mol. The normalized spacial score (nSPS) is 24.7. The molecule has 1 N–H and O–H groups in total. The summed E-state index contributed by atoms with van der Waals surface area (Å²) in [6, 6.07) is 11.6. The molecule has 2 atom stereocenters. The van der Waals surface area contributed by atoms with Gasteiger partial charge in [-0.2, -0.15) is 0 Å². The number of nitrogens with one attached hydrogen (secondary N) is 1. The maximum atomic E-state index is 3.78. The molecule has 1 nitrogen and oxygen atoms in total. The smallest absolute Gasteiger partial charge is 0.00926 e. The summed E-state index contributed by atoms with van der Waals surface area (Å²) in [5.74, 6) is 0.865. The predicted molar refractivity (Wildman–Crippen MR) is 78.8 cm³/mol. The summed E-state index contributed by atoms with van der Waals surface area (Å²) in [6.07, 6.45) is 9.54. The van der Waals surface area contributed by atoms with Crippen molar-refractivity contribution in [2.24, 2.45) is 5.92 Å². The van der Waals surface area contributed by atoms with Crippen LogP contribution in [0.1, 0.15) is 51.0 Å². The molecule has 1 fully saturated rings. The Balaban J connectivity index is 1.65. The van der Waals surface area contributed by atoms with Gasteiger partial charge in [0.25, 0.3) is 0 Å². The molecule has 1 aliphatic rings. The molecule has 0 heterocycles. The van der Waals surface area contributed by atoms with E-state index >= 15 is 0 Å². The van der Waals surface area contributed by atoms with Crippen LogP contribution >= 0.6 is 0 Å². The lowest BCUT2D eigenvalue weighted by Crippen LogP contribution is -2.35. The number of benzene rings is 1. The van der Waals surface area contributed by atoms with E-state index in [9.17, 15) is 0 Å². The third-order valence-electron chi connectivity index (χ3n) is 4.25.